The number of nitro groups is 1. The number of piperazine rings is 1. The minimum Gasteiger partial charge on any atom is -0.297 e. The fourth-order valence-corrected chi connectivity index (χ4v) is 3.82. The van der Waals surface area contributed by atoms with Gasteiger partial charge in [0.25, 0.3) is 5.69 Å². The highest BCUT2D eigenvalue weighted by molar-refractivity contribution is 7.89. The zero-order valence-corrected chi connectivity index (χ0v) is 13.3. The Balaban J connectivity index is 2.08. The lowest BCUT2D eigenvalue weighted by atomic mass is 10.3. The molecule has 1 aliphatic heterocycles. The first-order valence-corrected chi connectivity index (χ1v) is 8.36. The molecule has 1 heterocycles. The summed E-state index contributed by atoms with van der Waals surface area (Å²) in [6.45, 7) is 8.69. The van der Waals surface area contributed by atoms with E-state index in [4.69, 9.17) is 0 Å². The van der Waals surface area contributed by atoms with Gasteiger partial charge in [0.05, 0.1) is 9.82 Å². The van der Waals surface area contributed by atoms with Crippen molar-refractivity contribution in [3.63, 3.8) is 0 Å². The van der Waals surface area contributed by atoms with Gasteiger partial charge in [0, 0.05) is 44.9 Å². The van der Waals surface area contributed by atoms with Crippen molar-refractivity contribution in [3.05, 3.63) is 46.5 Å². The molecule has 1 aromatic rings. The second-order valence-electron chi connectivity index (χ2n) is 5.39. The van der Waals surface area contributed by atoms with Gasteiger partial charge >= 0.3 is 0 Å². The Labute approximate surface area is 130 Å². The zero-order valence-electron chi connectivity index (χ0n) is 12.4. The Bertz CT molecular complexity index is 662. The summed E-state index contributed by atoms with van der Waals surface area (Å²) in [5, 5.41) is 10.6. The van der Waals surface area contributed by atoms with Gasteiger partial charge in [-0.1, -0.05) is 12.2 Å². The van der Waals surface area contributed by atoms with Crippen LogP contribution in [-0.4, -0.2) is 55.3 Å². The molecule has 0 N–H and O–H groups in total. The highest BCUT2D eigenvalue weighted by Crippen LogP contribution is 2.20. The van der Waals surface area contributed by atoms with Crippen LogP contribution in [0.5, 0.6) is 0 Å². The number of hydrogen-bond acceptors (Lipinski definition) is 5. The third-order valence-electron chi connectivity index (χ3n) is 3.51. The summed E-state index contributed by atoms with van der Waals surface area (Å²) in [6, 6.07) is 5.00. The molecule has 1 aliphatic rings. The first-order valence-electron chi connectivity index (χ1n) is 6.92. The maximum absolute atomic E-state index is 12.5. The highest BCUT2D eigenvalue weighted by atomic mass is 32.2. The Kier molecular flexibility index (Phi) is 4.94. The molecule has 1 aromatic carbocycles. The Morgan fingerprint density at radius 2 is 1.77 bits per heavy atom. The predicted molar refractivity (Wildman–Crippen MR) is 83.1 cm³/mol. The number of rotatable bonds is 5. The summed E-state index contributed by atoms with van der Waals surface area (Å²) in [5.41, 5.74) is 0.928. The van der Waals surface area contributed by atoms with Crippen LogP contribution in [0.3, 0.4) is 0 Å². The number of nitrogens with zero attached hydrogens (tertiary/aromatic N) is 3. The van der Waals surface area contributed by atoms with E-state index in [9.17, 15) is 18.5 Å². The first-order chi connectivity index (χ1) is 10.3. The summed E-state index contributed by atoms with van der Waals surface area (Å²) in [7, 11) is -3.59. The van der Waals surface area contributed by atoms with Crippen molar-refractivity contribution >= 4 is 15.7 Å². The van der Waals surface area contributed by atoms with Crippen molar-refractivity contribution < 1.29 is 13.3 Å². The van der Waals surface area contributed by atoms with Gasteiger partial charge < -0.3 is 0 Å². The maximum atomic E-state index is 12.5. The fraction of sp³-hybridized carbons (Fsp3) is 0.429. The topological polar surface area (TPSA) is 83.8 Å². The van der Waals surface area contributed by atoms with Crippen LogP contribution in [0.15, 0.2) is 41.3 Å². The van der Waals surface area contributed by atoms with Gasteiger partial charge in [-0.3, -0.25) is 15.0 Å². The molecule has 1 fully saturated rings. The summed E-state index contributed by atoms with van der Waals surface area (Å²) in [4.78, 5) is 12.3. The summed E-state index contributed by atoms with van der Waals surface area (Å²) in [5.74, 6) is 0. The van der Waals surface area contributed by atoms with Crippen LogP contribution < -0.4 is 0 Å². The van der Waals surface area contributed by atoms with E-state index >= 15 is 0 Å². The molecule has 2 rings (SSSR count). The minimum absolute atomic E-state index is 0.0893. The number of non-ortho nitro benzene ring substituents is 1. The van der Waals surface area contributed by atoms with Gasteiger partial charge in [-0.2, -0.15) is 4.31 Å². The molecule has 0 bridgehead atoms. The average Bonchev–Trinajstić information content (AvgIpc) is 2.47. The van der Waals surface area contributed by atoms with Gasteiger partial charge in [0.2, 0.25) is 10.0 Å². The lowest BCUT2D eigenvalue weighted by Crippen LogP contribution is -2.48. The first kappa shape index (κ1) is 16.6. The van der Waals surface area contributed by atoms with E-state index in [1.165, 1.54) is 28.6 Å². The van der Waals surface area contributed by atoms with Crippen LogP contribution in [0, 0.1) is 10.1 Å². The molecule has 8 heteroatoms. The smallest absolute Gasteiger partial charge is 0.269 e. The second kappa shape index (κ2) is 6.55. The van der Waals surface area contributed by atoms with Crippen molar-refractivity contribution in [2.24, 2.45) is 0 Å². The summed E-state index contributed by atoms with van der Waals surface area (Å²) < 4.78 is 26.5. The monoisotopic (exact) mass is 325 g/mol. The Morgan fingerprint density at radius 3 is 2.23 bits per heavy atom. The van der Waals surface area contributed by atoms with Gasteiger partial charge in [-0.05, 0) is 19.1 Å². The van der Waals surface area contributed by atoms with Crippen molar-refractivity contribution in [2.45, 2.75) is 11.8 Å². The molecule has 0 atom stereocenters. The largest absolute Gasteiger partial charge is 0.297 e. The lowest BCUT2D eigenvalue weighted by Gasteiger charge is -2.34. The molecule has 22 heavy (non-hydrogen) atoms. The molecule has 0 radical (unpaired) electrons. The second-order valence-corrected chi connectivity index (χ2v) is 7.33. The summed E-state index contributed by atoms with van der Waals surface area (Å²) in [6.07, 6.45) is 0. The molecular weight excluding hydrogens is 306 g/mol. The maximum Gasteiger partial charge on any atom is 0.269 e. The van der Waals surface area contributed by atoms with E-state index in [1.807, 2.05) is 6.92 Å². The molecular formula is C14H19N3O4S. The lowest BCUT2D eigenvalue weighted by molar-refractivity contribution is -0.384. The third kappa shape index (κ3) is 3.70. The molecule has 0 aromatic heterocycles. The van der Waals surface area contributed by atoms with Crippen molar-refractivity contribution in [2.75, 3.05) is 32.7 Å². The van der Waals surface area contributed by atoms with Crippen LogP contribution >= 0.6 is 0 Å². The average molecular weight is 325 g/mol. The van der Waals surface area contributed by atoms with Gasteiger partial charge in [0.1, 0.15) is 0 Å². The van der Waals surface area contributed by atoms with Crippen molar-refractivity contribution in [1.82, 2.24) is 9.21 Å². The molecule has 0 saturated carbocycles. The predicted octanol–water partition coefficient (Wildman–Crippen LogP) is 1.48. The molecule has 1 saturated heterocycles. The van der Waals surface area contributed by atoms with E-state index < -0.39 is 14.9 Å². The Morgan fingerprint density at radius 1 is 1.23 bits per heavy atom. The standard InChI is InChI=1S/C14H19N3O4S/c1-12(2)11-15-7-9-16(10-8-15)22(20,21)14-5-3-13(4-6-14)17(18)19/h3-6H,1,7-11H2,2H3. The van der Waals surface area contributed by atoms with Crippen LogP contribution in [0.25, 0.3) is 0 Å². The van der Waals surface area contributed by atoms with E-state index in [0.29, 0.717) is 26.2 Å². The quantitative estimate of drug-likeness (QED) is 0.465. The van der Waals surface area contributed by atoms with E-state index in [2.05, 4.69) is 11.5 Å². The van der Waals surface area contributed by atoms with Gasteiger partial charge in [0.15, 0.2) is 0 Å². The van der Waals surface area contributed by atoms with E-state index in [1.54, 1.807) is 0 Å². The van der Waals surface area contributed by atoms with E-state index in [-0.39, 0.29) is 10.6 Å². The van der Waals surface area contributed by atoms with Crippen LogP contribution in [-0.2, 0) is 10.0 Å². The number of nitro benzene ring substituents is 1. The Hall–Kier alpha value is -1.77. The fourth-order valence-electron chi connectivity index (χ4n) is 2.40. The van der Waals surface area contributed by atoms with Crippen molar-refractivity contribution in [3.8, 4) is 0 Å². The van der Waals surface area contributed by atoms with Crippen LogP contribution in [0.1, 0.15) is 6.92 Å². The number of sulfonamides is 1. The van der Waals surface area contributed by atoms with E-state index in [0.717, 1.165) is 12.1 Å². The highest BCUT2D eigenvalue weighted by Gasteiger charge is 2.28. The molecule has 0 unspecified atom stereocenters. The van der Waals surface area contributed by atoms with Crippen LogP contribution in [0.4, 0.5) is 5.69 Å². The molecule has 120 valence electrons. The number of hydrogen-bond donors (Lipinski definition) is 0. The normalized spacial score (nSPS) is 17.3. The molecule has 7 nitrogen and oxygen atoms in total. The third-order valence-corrected chi connectivity index (χ3v) is 5.42. The van der Waals surface area contributed by atoms with Crippen LogP contribution in [0.2, 0.25) is 0 Å². The van der Waals surface area contributed by atoms with Crippen molar-refractivity contribution in [1.29, 1.82) is 0 Å². The SMILES string of the molecule is C=C(C)CN1CCN(S(=O)(=O)c2ccc([N+](=O)[O-])cc2)CC1. The zero-order chi connectivity index (χ0) is 16.3. The summed E-state index contributed by atoms with van der Waals surface area (Å²) >= 11 is 0. The van der Waals surface area contributed by atoms with Gasteiger partial charge in [-0.25, -0.2) is 8.42 Å². The molecule has 0 spiro atoms. The number of benzene rings is 1. The van der Waals surface area contributed by atoms with Gasteiger partial charge in [-0.15, -0.1) is 0 Å². The molecule has 0 aliphatic carbocycles. The minimum atomic E-state index is -3.59. The molecule has 0 amide bonds.